The van der Waals surface area contributed by atoms with Crippen LogP contribution < -0.4 is 0 Å². The van der Waals surface area contributed by atoms with Crippen LogP contribution in [0.15, 0.2) is 5.57 Å². The van der Waals surface area contributed by atoms with Gasteiger partial charge < -0.3 is 0 Å². The summed E-state index contributed by atoms with van der Waals surface area (Å²) in [4.78, 5) is 9.88. The van der Waals surface area contributed by atoms with Crippen LogP contribution in [0.5, 0.6) is 0 Å². The van der Waals surface area contributed by atoms with Crippen molar-refractivity contribution in [2.75, 3.05) is 0 Å². The fourth-order valence-electron chi connectivity index (χ4n) is 0.654. The van der Waals surface area contributed by atoms with E-state index < -0.39 is 0 Å². The van der Waals surface area contributed by atoms with Crippen LogP contribution in [0.1, 0.15) is 27.2 Å². The first-order valence-electron chi connectivity index (χ1n) is 2.87. The Morgan fingerprint density at radius 2 is 2.12 bits per heavy atom. The highest BCUT2D eigenvalue weighted by Gasteiger charge is 1.93. The Morgan fingerprint density at radius 3 is 2.25 bits per heavy atom. The lowest BCUT2D eigenvalue weighted by molar-refractivity contribution is 0.561. The Hall–Kier alpha value is -0.550. The Balaban J connectivity index is 3.56. The maximum Gasteiger partial charge on any atom is 0.123 e. The monoisotopic (exact) mass is 112 g/mol. The highest BCUT2D eigenvalue weighted by molar-refractivity contribution is 5.51. The van der Waals surface area contributed by atoms with E-state index in [2.05, 4.69) is 13.8 Å². The molecule has 0 spiro atoms. The Labute approximate surface area is 50.4 Å². The molecule has 0 unspecified atom stereocenters. The third-order valence-corrected chi connectivity index (χ3v) is 0.889. The van der Waals surface area contributed by atoms with Crippen LogP contribution in [0.3, 0.4) is 0 Å². The standard InChI is InChI=1S/C7H12O/c1-6(2)4-7(3)5-8/h6H,4H2,1-3H3. The highest BCUT2D eigenvalue weighted by atomic mass is 16.1. The molecule has 0 heterocycles. The first-order chi connectivity index (χ1) is 3.66. The van der Waals surface area contributed by atoms with Gasteiger partial charge in [-0.15, -0.1) is 0 Å². The molecule has 0 atom stereocenters. The Morgan fingerprint density at radius 1 is 1.62 bits per heavy atom. The molecule has 0 aliphatic heterocycles. The average Bonchev–Trinajstić information content (AvgIpc) is 1.65. The van der Waals surface area contributed by atoms with Crippen LogP contribution in [-0.2, 0) is 4.79 Å². The molecule has 0 saturated heterocycles. The lowest BCUT2D eigenvalue weighted by atomic mass is 10.1. The minimum absolute atomic E-state index is 0.580. The van der Waals surface area contributed by atoms with Crippen molar-refractivity contribution in [3.8, 4) is 0 Å². The van der Waals surface area contributed by atoms with E-state index >= 15 is 0 Å². The molecule has 1 heteroatoms. The minimum Gasteiger partial charge on any atom is -0.234 e. The number of hydrogen-bond acceptors (Lipinski definition) is 1. The first kappa shape index (κ1) is 7.45. The number of carbonyl (C=O) groups excluding carboxylic acids is 1. The Bertz CT molecular complexity index is 108. The molecule has 0 aromatic rings. The topological polar surface area (TPSA) is 17.1 Å². The van der Waals surface area contributed by atoms with Crippen molar-refractivity contribution in [3.05, 3.63) is 5.57 Å². The molecular formula is C7H12O. The second-order valence-corrected chi connectivity index (χ2v) is 2.48. The quantitative estimate of drug-likeness (QED) is 0.498. The van der Waals surface area contributed by atoms with E-state index in [-0.39, 0.29) is 0 Å². The van der Waals surface area contributed by atoms with Gasteiger partial charge >= 0.3 is 0 Å². The van der Waals surface area contributed by atoms with E-state index in [1.807, 2.05) is 12.9 Å². The van der Waals surface area contributed by atoms with E-state index in [1.54, 1.807) is 0 Å². The molecular weight excluding hydrogens is 100 g/mol. The van der Waals surface area contributed by atoms with Gasteiger partial charge in [-0.2, -0.15) is 0 Å². The minimum atomic E-state index is 0.580. The molecule has 0 aliphatic carbocycles. The molecule has 0 fully saturated rings. The van der Waals surface area contributed by atoms with Crippen LogP contribution >= 0.6 is 0 Å². The molecule has 0 bridgehead atoms. The van der Waals surface area contributed by atoms with Crippen molar-refractivity contribution in [1.82, 2.24) is 0 Å². The smallest absolute Gasteiger partial charge is 0.123 e. The molecule has 46 valence electrons. The van der Waals surface area contributed by atoms with Gasteiger partial charge in [-0.25, -0.2) is 4.79 Å². The van der Waals surface area contributed by atoms with E-state index in [0.29, 0.717) is 5.92 Å². The summed E-state index contributed by atoms with van der Waals surface area (Å²) in [6.07, 6.45) is 0.878. The van der Waals surface area contributed by atoms with Gasteiger partial charge in [0.1, 0.15) is 5.94 Å². The van der Waals surface area contributed by atoms with Crippen molar-refractivity contribution < 1.29 is 4.79 Å². The molecule has 0 N–H and O–H groups in total. The average molecular weight is 112 g/mol. The molecule has 0 aromatic heterocycles. The van der Waals surface area contributed by atoms with Gasteiger partial charge in [-0.3, -0.25) is 0 Å². The normalized spacial score (nSPS) is 9.00. The second kappa shape index (κ2) is 3.45. The Kier molecular flexibility index (Phi) is 3.21. The SMILES string of the molecule is CC(=C=O)CC(C)C. The predicted molar refractivity (Wildman–Crippen MR) is 34.3 cm³/mol. The van der Waals surface area contributed by atoms with Crippen molar-refractivity contribution in [2.24, 2.45) is 5.92 Å². The van der Waals surface area contributed by atoms with Crippen LogP contribution in [-0.4, -0.2) is 5.94 Å². The van der Waals surface area contributed by atoms with Gasteiger partial charge in [0, 0.05) is 5.57 Å². The molecule has 0 aromatic carbocycles. The zero-order valence-electron chi connectivity index (χ0n) is 5.69. The van der Waals surface area contributed by atoms with Crippen molar-refractivity contribution in [3.63, 3.8) is 0 Å². The summed E-state index contributed by atoms with van der Waals surface area (Å²) >= 11 is 0. The maximum atomic E-state index is 9.88. The van der Waals surface area contributed by atoms with Crippen molar-refractivity contribution in [2.45, 2.75) is 27.2 Å². The predicted octanol–water partition coefficient (Wildman–Crippen LogP) is 1.81. The number of rotatable bonds is 2. The van der Waals surface area contributed by atoms with Gasteiger partial charge in [0.25, 0.3) is 0 Å². The maximum absolute atomic E-state index is 9.88. The summed E-state index contributed by atoms with van der Waals surface area (Å²) in [5, 5.41) is 0. The first-order valence-corrected chi connectivity index (χ1v) is 2.87. The summed E-state index contributed by atoms with van der Waals surface area (Å²) in [6, 6.07) is 0. The molecule has 0 amide bonds. The third kappa shape index (κ3) is 3.63. The van der Waals surface area contributed by atoms with E-state index in [1.165, 1.54) is 0 Å². The largest absolute Gasteiger partial charge is 0.234 e. The molecule has 0 radical (unpaired) electrons. The lowest BCUT2D eigenvalue weighted by Gasteiger charge is -1.98. The zero-order valence-corrected chi connectivity index (χ0v) is 5.69. The fraction of sp³-hybridized carbons (Fsp3) is 0.714. The highest BCUT2D eigenvalue weighted by Crippen LogP contribution is 2.05. The van der Waals surface area contributed by atoms with Crippen LogP contribution in [0.25, 0.3) is 0 Å². The summed E-state index contributed by atoms with van der Waals surface area (Å²) in [5.41, 5.74) is 0.819. The molecule has 0 saturated carbocycles. The van der Waals surface area contributed by atoms with Gasteiger partial charge in [-0.1, -0.05) is 13.8 Å². The number of allylic oxidation sites excluding steroid dienone is 1. The van der Waals surface area contributed by atoms with Crippen LogP contribution in [0.2, 0.25) is 0 Å². The molecule has 8 heavy (non-hydrogen) atoms. The van der Waals surface area contributed by atoms with Gasteiger partial charge in [0.05, 0.1) is 0 Å². The van der Waals surface area contributed by atoms with Gasteiger partial charge in [0.15, 0.2) is 0 Å². The zero-order chi connectivity index (χ0) is 6.57. The second-order valence-electron chi connectivity index (χ2n) is 2.48. The third-order valence-electron chi connectivity index (χ3n) is 0.889. The molecule has 1 nitrogen and oxygen atoms in total. The molecule has 0 rings (SSSR count). The summed E-state index contributed by atoms with van der Waals surface area (Å²) in [6.45, 7) is 5.98. The van der Waals surface area contributed by atoms with Crippen LogP contribution in [0, 0.1) is 5.92 Å². The number of hydrogen-bond donors (Lipinski definition) is 0. The van der Waals surface area contributed by atoms with Crippen molar-refractivity contribution >= 4 is 5.94 Å². The van der Waals surface area contributed by atoms with E-state index in [9.17, 15) is 4.79 Å². The summed E-state index contributed by atoms with van der Waals surface area (Å²) in [7, 11) is 0. The van der Waals surface area contributed by atoms with Gasteiger partial charge in [-0.05, 0) is 19.3 Å². The summed E-state index contributed by atoms with van der Waals surface area (Å²) in [5.74, 6) is 2.44. The fourth-order valence-corrected chi connectivity index (χ4v) is 0.654. The van der Waals surface area contributed by atoms with E-state index in [4.69, 9.17) is 0 Å². The molecule has 0 aliphatic rings. The lowest BCUT2D eigenvalue weighted by Crippen LogP contribution is -1.87. The summed E-state index contributed by atoms with van der Waals surface area (Å²) < 4.78 is 0. The van der Waals surface area contributed by atoms with Crippen molar-refractivity contribution in [1.29, 1.82) is 0 Å². The van der Waals surface area contributed by atoms with E-state index in [0.717, 1.165) is 12.0 Å². The van der Waals surface area contributed by atoms with Gasteiger partial charge in [0.2, 0.25) is 0 Å². The van der Waals surface area contributed by atoms with Crippen LogP contribution in [0.4, 0.5) is 0 Å².